The van der Waals surface area contributed by atoms with Gasteiger partial charge in [0.1, 0.15) is 22.7 Å². The zero-order chi connectivity index (χ0) is 9.10. The summed E-state index contributed by atoms with van der Waals surface area (Å²) in [4.78, 5) is 3.85. The number of hydrogen-bond donors (Lipinski definition) is 0. The molecule has 2 rings (SSSR count). The monoisotopic (exact) mass is 195 g/mol. The van der Waals surface area contributed by atoms with E-state index in [4.69, 9.17) is 0 Å². The van der Waals surface area contributed by atoms with E-state index in [0.717, 1.165) is 16.4 Å². The van der Waals surface area contributed by atoms with E-state index < -0.39 is 0 Å². The minimum Gasteiger partial charge on any atom is -0.246 e. The maximum Gasteiger partial charge on any atom is 0.139 e. The van der Waals surface area contributed by atoms with E-state index in [1.54, 1.807) is 22.3 Å². The molecule has 0 saturated carbocycles. The van der Waals surface area contributed by atoms with Crippen molar-refractivity contribution in [3.05, 3.63) is 22.7 Å². The van der Waals surface area contributed by atoms with Crippen LogP contribution in [0.4, 0.5) is 0 Å². The first kappa shape index (κ1) is 8.31. The maximum absolute atomic E-state index is 4.04. The van der Waals surface area contributed by atoms with E-state index in [0.29, 0.717) is 6.54 Å². The molecule has 0 aromatic carbocycles. The van der Waals surface area contributed by atoms with Gasteiger partial charge in [0.15, 0.2) is 0 Å². The van der Waals surface area contributed by atoms with E-state index in [9.17, 15) is 0 Å². The molecule has 0 spiro atoms. The second-order valence-electron chi connectivity index (χ2n) is 2.54. The predicted octanol–water partition coefficient (Wildman–Crippen LogP) is 0.740. The molecule has 5 nitrogen and oxygen atoms in total. The van der Waals surface area contributed by atoms with E-state index in [2.05, 4.69) is 27.2 Å². The first-order valence-corrected chi connectivity index (χ1v) is 4.84. The van der Waals surface area contributed by atoms with Gasteiger partial charge in [0.05, 0.1) is 6.54 Å². The molecule has 2 aromatic heterocycles. The maximum atomic E-state index is 4.04. The van der Waals surface area contributed by atoms with Gasteiger partial charge in [-0.25, -0.2) is 9.67 Å². The van der Waals surface area contributed by atoms with Crippen LogP contribution in [0.2, 0.25) is 0 Å². The van der Waals surface area contributed by atoms with Crippen molar-refractivity contribution in [1.29, 1.82) is 0 Å². The van der Waals surface area contributed by atoms with Crippen molar-refractivity contribution < 1.29 is 0 Å². The number of aryl methyl sites for hydroxylation is 1. The molecule has 0 aliphatic heterocycles. The molecule has 0 aliphatic rings. The highest BCUT2D eigenvalue weighted by atomic mass is 32.1. The van der Waals surface area contributed by atoms with Crippen molar-refractivity contribution in [2.45, 2.75) is 19.9 Å². The van der Waals surface area contributed by atoms with Crippen molar-refractivity contribution in [2.75, 3.05) is 0 Å². The molecule has 2 aromatic rings. The summed E-state index contributed by atoms with van der Waals surface area (Å²) in [6.45, 7) is 2.73. The Balaban J connectivity index is 2.10. The predicted molar refractivity (Wildman–Crippen MR) is 48.4 cm³/mol. The molecular formula is C7H9N5S. The van der Waals surface area contributed by atoms with E-state index in [1.165, 1.54) is 6.33 Å². The van der Waals surface area contributed by atoms with Gasteiger partial charge in [-0.1, -0.05) is 18.3 Å². The zero-order valence-electron chi connectivity index (χ0n) is 7.21. The summed E-state index contributed by atoms with van der Waals surface area (Å²) in [6.07, 6.45) is 4.13. The van der Waals surface area contributed by atoms with Crippen molar-refractivity contribution >= 4 is 11.3 Å². The summed E-state index contributed by atoms with van der Waals surface area (Å²) >= 11 is 1.62. The van der Waals surface area contributed by atoms with Crippen molar-refractivity contribution in [3.63, 3.8) is 0 Å². The van der Waals surface area contributed by atoms with E-state index >= 15 is 0 Å². The lowest BCUT2D eigenvalue weighted by Crippen LogP contribution is -1.99. The van der Waals surface area contributed by atoms with Gasteiger partial charge >= 0.3 is 0 Å². The van der Waals surface area contributed by atoms with Gasteiger partial charge < -0.3 is 0 Å². The number of nitrogens with zero attached hydrogens (tertiary/aromatic N) is 5. The number of aromatic nitrogens is 5. The lowest BCUT2D eigenvalue weighted by molar-refractivity contribution is 0.675. The van der Waals surface area contributed by atoms with Gasteiger partial charge in [-0.3, -0.25) is 0 Å². The molecule has 68 valence electrons. The van der Waals surface area contributed by atoms with E-state index in [1.807, 2.05) is 0 Å². The molecule has 0 aliphatic carbocycles. The van der Waals surface area contributed by atoms with Crippen LogP contribution in [-0.2, 0) is 13.0 Å². The molecule has 0 atom stereocenters. The summed E-state index contributed by atoms with van der Waals surface area (Å²) in [5, 5.41) is 14.1. The van der Waals surface area contributed by atoms with Crippen LogP contribution < -0.4 is 0 Å². The van der Waals surface area contributed by atoms with Crippen LogP contribution in [0.25, 0.3) is 0 Å². The van der Waals surface area contributed by atoms with Crippen molar-refractivity contribution in [2.24, 2.45) is 0 Å². The Labute approximate surface area is 79.5 Å². The molecule has 0 bridgehead atoms. The van der Waals surface area contributed by atoms with E-state index in [-0.39, 0.29) is 0 Å². The average molecular weight is 195 g/mol. The standard InChI is InChI=1S/C7H9N5S/c1-2-6-10-11-7(13-6)3-12-5-8-4-9-12/h4-5H,2-3H2,1H3. The molecule has 2 heterocycles. The summed E-state index contributed by atoms with van der Waals surface area (Å²) in [6, 6.07) is 0. The topological polar surface area (TPSA) is 56.5 Å². The Morgan fingerprint density at radius 2 is 2.23 bits per heavy atom. The summed E-state index contributed by atoms with van der Waals surface area (Å²) in [5.74, 6) is 0. The SMILES string of the molecule is CCc1nnc(Cn2cncn2)s1. The fourth-order valence-corrected chi connectivity index (χ4v) is 1.72. The lowest BCUT2D eigenvalue weighted by Gasteiger charge is -1.92. The smallest absolute Gasteiger partial charge is 0.139 e. The molecule has 0 N–H and O–H groups in total. The summed E-state index contributed by atoms with van der Waals surface area (Å²) < 4.78 is 1.74. The highest BCUT2D eigenvalue weighted by Gasteiger charge is 2.02. The largest absolute Gasteiger partial charge is 0.246 e. The van der Waals surface area contributed by atoms with Crippen LogP contribution in [0.5, 0.6) is 0 Å². The third-order valence-corrected chi connectivity index (χ3v) is 2.63. The molecule has 0 saturated heterocycles. The molecule has 0 unspecified atom stereocenters. The molecule has 0 amide bonds. The Morgan fingerprint density at radius 1 is 1.38 bits per heavy atom. The highest BCUT2D eigenvalue weighted by Crippen LogP contribution is 2.10. The van der Waals surface area contributed by atoms with Crippen LogP contribution in [0.3, 0.4) is 0 Å². The second kappa shape index (κ2) is 3.61. The minimum atomic E-state index is 0.664. The van der Waals surface area contributed by atoms with Gasteiger partial charge in [-0.05, 0) is 6.42 Å². The second-order valence-corrected chi connectivity index (χ2v) is 3.68. The van der Waals surface area contributed by atoms with Crippen LogP contribution in [-0.4, -0.2) is 25.0 Å². The fourth-order valence-electron chi connectivity index (χ4n) is 0.948. The Hall–Kier alpha value is -1.30. The Morgan fingerprint density at radius 3 is 2.85 bits per heavy atom. The Bertz CT molecular complexity index is 366. The average Bonchev–Trinajstić information content (AvgIpc) is 2.76. The van der Waals surface area contributed by atoms with Gasteiger partial charge in [0.25, 0.3) is 0 Å². The molecular weight excluding hydrogens is 186 g/mol. The lowest BCUT2D eigenvalue weighted by atomic mass is 10.5. The van der Waals surface area contributed by atoms with Gasteiger partial charge in [0.2, 0.25) is 0 Å². The van der Waals surface area contributed by atoms with Crippen LogP contribution >= 0.6 is 11.3 Å². The zero-order valence-corrected chi connectivity index (χ0v) is 8.03. The minimum absolute atomic E-state index is 0.664. The number of rotatable bonds is 3. The quantitative estimate of drug-likeness (QED) is 0.724. The summed E-state index contributed by atoms with van der Waals surface area (Å²) in [5.41, 5.74) is 0. The van der Waals surface area contributed by atoms with Crippen LogP contribution in [0, 0.1) is 0 Å². The third kappa shape index (κ3) is 1.89. The fraction of sp³-hybridized carbons (Fsp3) is 0.429. The van der Waals surface area contributed by atoms with Gasteiger partial charge in [-0.15, -0.1) is 10.2 Å². The first-order chi connectivity index (χ1) is 6.38. The summed E-state index contributed by atoms with van der Waals surface area (Å²) in [7, 11) is 0. The van der Waals surface area contributed by atoms with Gasteiger partial charge in [-0.2, -0.15) is 5.10 Å². The van der Waals surface area contributed by atoms with Crippen molar-refractivity contribution in [1.82, 2.24) is 25.0 Å². The first-order valence-electron chi connectivity index (χ1n) is 4.02. The van der Waals surface area contributed by atoms with Crippen molar-refractivity contribution in [3.8, 4) is 0 Å². The van der Waals surface area contributed by atoms with Crippen LogP contribution in [0.15, 0.2) is 12.7 Å². The molecule has 0 radical (unpaired) electrons. The third-order valence-electron chi connectivity index (χ3n) is 1.57. The molecule has 13 heavy (non-hydrogen) atoms. The van der Waals surface area contributed by atoms with Crippen LogP contribution in [0.1, 0.15) is 16.9 Å². The molecule has 6 heteroatoms. The molecule has 0 fully saturated rings. The Kier molecular flexibility index (Phi) is 2.31. The number of hydrogen-bond acceptors (Lipinski definition) is 5. The van der Waals surface area contributed by atoms with Gasteiger partial charge in [0, 0.05) is 0 Å². The normalized spacial score (nSPS) is 10.5. The highest BCUT2D eigenvalue weighted by molar-refractivity contribution is 7.11.